The van der Waals surface area contributed by atoms with E-state index in [-0.39, 0.29) is 12.0 Å². The predicted octanol–water partition coefficient (Wildman–Crippen LogP) is 0.810. The Hall–Kier alpha value is -0.830. The first-order chi connectivity index (χ1) is 5.79. The molecular formula is C9H15NO2. The summed E-state index contributed by atoms with van der Waals surface area (Å²) in [4.78, 5) is 13.3. The molecule has 0 radical (unpaired) electrons. The quantitative estimate of drug-likeness (QED) is 0.460. The lowest BCUT2D eigenvalue weighted by molar-refractivity contribution is -0.154. The third kappa shape index (κ3) is 1.85. The Balaban J connectivity index is 2.32. The van der Waals surface area contributed by atoms with E-state index in [4.69, 9.17) is 4.74 Å². The summed E-state index contributed by atoms with van der Waals surface area (Å²) in [5, 5.41) is 0. The fraction of sp³-hybridized carbons (Fsp3) is 0.667. The molecule has 0 N–H and O–H groups in total. The molecule has 3 heteroatoms. The second kappa shape index (κ2) is 4.26. The van der Waals surface area contributed by atoms with Gasteiger partial charge in [-0.1, -0.05) is 6.08 Å². The molecule has 1 aliphatic rings. The number of hydrogen-bond donors (Lipinski definition) is 0. The van der Waals surface area contributed by atoms with E-state index in [0.29, 0.717) is 6.61 Å². The molecular weight excluding hydrogens is 154 g/mol. The molecule has 1 rings (SSSR count). The first-order valence-electron chi connectivity index (χ1n) is 4.31. The molecule has 0 aliphatic carbocycles. The van der Waals surface area contributed by atoms with Gasteiger partial charge in [-0.3, -0.25) is 9.69 Å². The number of likely N-dealkylation sites (tertiary alicyclic amines) is 1. The van der Waals surface area contributed by atoms with Crippen LogP contribution in [0.5, 0.6) is 0 Å². The molecule has 1 aliphatic heterocycles. The number of ether oxygens (including phenoxy) is 1. The molecule has 0 amide bonds. The van der Waals surface area contributed by atoms with Gasteiger partial charge in [-0.25, -0.2) is 0 Å². The van der Waals surface area contributed by atoms with Crippen LogP contribution >= 0.6 is 0 Å². The predicted molar refractivity (Wildman–Crippen MR) is 46.8 cm³/mol. The van der Waals surface area contributed by atoms with Crippen molar-refractivity contribution in [1.29, 1.82) is 0 Å². The third-order valence-corrected chi connectivity index (χ3v) is 2.05. The molecule has 12 heavy (non-hydrogen) atoms. The van der Waals surface area contributed by atoms with Gasteiger partial charge in [0.2, 0.25) is 0 Å². The minimum Gasteiger partial charge on any atom is -0.465 e. The van der Waals surface area contributed by atoms with E-state index in [1.807, 2.05) is 13.0 Å². The Bertz CT molecular complexity index is 179. The largest absolute Gasteiger partial charge is 0.465 e. The first kappa shape index (κ1) is 9.26. The lowest BCUT2D eigenvalue weighted by Crippen LogP contribution is -2.52. The number of nitrogens with zero attached hydrogens (tertiary/aromatic N) is 1. The summed E-state index contributed by atoms with van der Waals surface area (Å²) in [6.45, 7) is 7.69. The summed E-state index contributed by atoms with van der Waals surface area (Å²) >= 11 is 0. The van der Waals surface area contributed by atoms with Crippen molar-refractivity contribution in [2.24, 2.45) is 0 Å². The SMILES string of the molecule is C=CCN1CC[C@H]1C(=O)OCC. The lowest BCUT2D eigenvalue weighted by atomic mass is 10.0. The van der Waals surface area contributed by atoms with Gasteiger partial charge in [0.1, 0.15) is 6.04 Å². The molecule has 1 saturated heterocycles. The van der Waals surface area contributed by atoms with E-state index in [9.17, 15) is 4.79 Å². The van der Waals surface area contributed by atoms with Crippen molar-refractivity contribution < 1.29 is 9.53 Å². The highest BCUT2D eigenvalue weighted by atomic mass is 16.5. The Morgan fingerprint density at radius 2 is 2.58 bits per heavy atom. The number of carbonyl (C=O) groups excluding carboxylic acids is 1. The van der Waals surface area contributed by atoms with Gasteiger partial charge in [-0.15, -0.1) is 6.58 Å². The molecule has 0 aromatic carbocycles. The number of esters is 1. The van der Waals surface area contributed by atoms with Crippen LogP contribution in [0, 0.1) is 0 Å². The van der Waals surface area contributed by atoms with E-state index >= 15 is 0 Å². The number of hydrogen-bond acceptors (Lipinski definition) is 3. The summed E-state index contributed by atoms with van der Waals surface area (Å²) in [6.07, 6.45) is 2.73. The highest BCUT2D eigenvalue weighted by molar-refractivity contribution is 5.76. The molecule has 0 unspecified atom stereocenters. The summed E-state index contributed by atoms with van der Waals surface area (Å²) in [5.74, 6) is -0.0920. The van der Waals surface area contributed by atoms with Crippen molar-refractivity contribution in [2.75, 3.05) is 19.7 Å². The van der Waals surface area contributed by atoms with E-state index in [1.165, 1.54) is 0 Å². The smallest absolute Gasteiger partial charge is 0.323 e. The Kier molecular flexibility index (Phi) is 3.29. The summed E-state index contributed by atoms with van der Waals surface area (Å²) in [7, 11) is 0. The maximum Gasteiger partial charge on any atom is 0.323 e. The van der Waals surface area contributed by atoms with Crippen LogP contribution in [0.2, 0.25) is 0 Å². The second-order valence-corrected chi connectivity index (χ2v) is 2.84. The zero-order chi connectivity index (χ0) is 8.97. The normalized spacial score (nSPS) is 22.9. The summed E-state index contributed by atoms with van der Waals surface area (Å²) in [5.41, 5.74) is 0. The van der Waals surface area contributed by atoms with Crippen LogP contribution in [-0.2, 0) is 9.53 Å². The minimum atomic E-state index is -0.0920. The molecule has 3 nitrogen and oxygen atoms in total. The molecule has 0 aromatic rings. The molecule has 0 saturated carbocycles. The number of carbonyl (C=O) groups is 1. The maximum atomic E-state index is 11.2. The van der Waals surface area contributed by atoms with Crippen molar-refractivity contribution in [3.8, 4) is 0 Å². The van der Waals surface area contributed by atoms with Gasteiger partial charge in [0.15, 0.2) is 0 Å². The Morgan fingerprint density at radius 3 is 3.00 bits per heavy atom. The van der Waals surface area contributed by atoms with Gasteiger partial charge in [-0.2, -0.15) is 0 Å². The van der Waals surface area contributed by atoms with Crippen LogP contribution in [-0.4, -0.2) is 36.6 Å². The summed E-state index contributed by atoms with van der Waals surface area (Å²) < 4.78 is 4.91. The van der Waals surface area contributed by atoms with Gasteiger partial charge >= 0.3 is 5.97 Å². The molecule has 1 atom stereocenters. The molecule has 1 heterocycles. The van der Waals surface area contributed by atoms with E-state index in [0.717, 1.165) is 19.5 Å². The van der Waals surface area contributed by atoms with Gasteiger partial charge in [0.25, 0.3) is 0 Å². The van der Waals surface area contributed by atoms with Gasteiger partial charge in [0.05, 0.1) is 6.61 Å². The van der Waals surface area contributed by atoms with Crippen LogP contribution in [0.1, 0.15) is 13.3 Å². The van der Waals surface area contributed by atoms with Crippen molar-refractivity contribution in [3.63, 3.8) is 0 Å². The van der Waals surface area contributed by atoms with Crippen LogP contribution in [0.3, 0.4) is 0 Å². The fourth-order valence-electron chi connectivity index (χ4n) is 1.33. The Morgan fingerprint density at radius 1 is 1.83 bits per heavy atom. The topological polar surface area (TPSA) is 29.5 Å². The van der Waals surface area contributed by atoms with Crippen LogP contribution in [0.15, 0.2) is 12.7 Å². The van der Waals surface area contributed by atoms with Crippen LogP contribution in [0.4, 0.5) is 0 Å². The fourth-order valence-corrected chi connectivity index (χ4v) is 1.33. The van der Waals surface area contributed by atoms with Crippen molar-refractivity contribution >= 4 is 5.97 Å². The van der Waals surface area contributed by atoms with E-state index in [1.54, 1.807) is 0 Å². The van der Waals surface area contributed by atoms with E-state index < -0.39 is 0 Å². The van der Waals surface area contributed by atoms with Crippen molar-refractivity contribution in [2.45, 2.75) is 19.4 Å². The monoisotopic (exact) mass is 169 g/mol. The van der Waals surface area contributed by atoms with Crippen molar-refractivity contribution in [3.05, 3.63) is 12.7 Å². The first-order valence-corrected chi connectivity index (χ1v) is 4.31. The summed E-state index contributed by atoms with van der Waals surface area (Å²) in [6, 6.07) is -0.0112. The van der Waals surface area contributed by atoms with Gasteiger partial charge < -0.3 is 4.74 Å². The minimum absolute atomic E-state index is 0.0112. The highest BCUT2D eigenvalue weighted by Crippen LogP contribution is 2.17. The van der Waals surface area contributed by atoms with Crippen LogP contribution < -0.4 is 0 Å². The van der Waals surface area contributed by atoms with Crippen molar-refractivity contribution in [1.82, 2.24) is 4.90 Å². The zero-order valence-corrected chi connectivity index (χ0v) is 7.45. The lowest BCUT2D eigenvalue weighted by Gasteiger charge is -2.37. The third-order valence-electron chi connectivity index (χ3n) is 2.05. The highest BCUT2D eigenvalue weighted by Gasteiger charge is 2.33. The molecule has 0 spiro atoms. The van der Waals surface area contributed by atoms with E-state index in [2.05, 4.69) is 11.5 Å². The van der Waals surface area contributed by atoms with Gasteiger partial charge in [0, 0.05) is 13.1 Å². The molecule has 0 aromatic heterocycles. The zero-order valence-electron chi connectivity index (χ0n) is 7.45. The number of rotatable bonds is 4. The average Bonchev–Trinajstić information content (AvgIpc) is 1.98. The van der Waals surface area contributed by atoms with Crippen LogP contribution in [0.25, 0.3) is 0 Å². The standard InChI is InChI=1S/C9H15NO2/c1-3-6-10-7-5-8(10)9(11)12-4-2/h3,8H,1,4-7H2,2H3/t8-/m0/s1. The Labute approximate surface area is 73.0 Å². The maximum absolute atomic E-state index is 11.2. The molecule has 1 fully saturated rings. The molecule has 68 valence electrons. The second-order valence-electron chi connectivity index (χ2n) is 2.84. The van der Waals surface area contributed by atoms with Gasteiger partial charge in [-0.05, 0) is 13.3 Å². The molecule has 0 bridgehead atoms. The average molecular weight is 169 g/mol.